The number of H-pyrrole nitrogens is 1. The van der Waals surface area contributed by atoms with Crippen LogP contribution in [0.2, 0.25) is 10.0 Å². The van der Waals surface area contributed by atoms with Gasteiger partial charge in [0.1, 0.15) is 50.0 Å². The molecule has 0 aliphatic rings. The number of aromatic amines is 1. The van der Waals surface area contributed by atoms with E-state index in [9.17, 15) is 19.2 Å². The molecule has 0 fully saturated rings. The number of carbonyl (C=O) groups excluding carboxylic acids is 3. The molecule has 6 heterocycles. The van der Waals surface area contributed by atoms with Gasteiger partial charge in [-0.25, -0.2) is 24.9 Å². The van der Waals surface area contributed by atoms with Crippen LogP contribution in [0.5, 0.6) is 40.6 Å². The number of pyridine rings is 4. The lowest BCUT2D eigenvalue weighted by Gasteiger charge is -2.21. The Bertz CT molecular complexity index is 3530. The van der Waals surface area contributed by atoms with E-state index in [1.54, 1.807) is 90.8 Å². The molecule has 468 valence electrons. The summed E-state index contributed by atoms with van der Waals surface area (Å²) in [5.74, 6) is 4.40. The minimum Gasteiger partial charge on any atom is -0.477 e. The third-order valence-corrected chi connectivity index (χ3v) is 16.0. The second-order valence-corrected chi connectivity index (χ2v) is 27.8. The molecular formula is C64H76Br2Cl2N6O11S2. The molecule has 2 aromatic carbocycles. The fraction of sp³-hybridized carbons (Fsp3) is 0.422. The summed E-state index contributed by atoms with van der Waals surface area (Å²) < 4.78 is 42.9. The van der Waals surface area contributed by atoms with E-state index in [0.717, 1.165) is 39.4 Å². The Kier molecular flexibility index (Phi) is 27.9. The standard InChI is InChI=1S/C24H29ClN2O4S.C21H23ClN2O3S.C14H20BrNO3.C5H4BrNO/c1-14(2)23-27-17-8-9-18(21(25)22(17)32-23)30-16-7-10-19(26-12-16)29-13-15(3)11-20(28)31-24(4,5)6;1-12(2)21-24-16-6-7-17(19(22)20(16)28-21)27-15-5-8-18(23-10-15)26-11-13(3)9-14(4)25;1-10(7-13(17)19-14(2,3)4)9-18-12-6-5-11(15)8-16-12;6-4-1-2-5(8)7-3-4/h7-10,12,14-15H,11,13H2,1-6H3;5-8,10,12-13H,9,11H2,1-4H3;5-6,8,10H,7,9H2,1-4H3;1-3H,(H,7,8)/t15-;13-;10-;/m111./s1. The second kappa shape index (κ2) is 33.9. The van der Waals surface area contributed by atoms with Gasteiger partial charge in [-0.05, 0) is 135 Å². The molecule has 0 saturated heterocycles. The molecule has 0 amide bonds. The summed E-state index contributed by atoms with van der Waals surface area (Å²) in [4.78, 5) is 69.4. The smallest absolute Gasteiger partial charge is 0.306 e. The highest BCUT2D eigenvalue weighted by atomic mass is 79.9. The van der Waals surface area contributed by atoms with E-state index < -0.39 is 11.2 Å². The fourth-order valence-electron chi connectivity index (χ4n) is 7.37. The van der Waals surface area contributed by atoms with Crippen LogP contribution in [0.15, 0.2) is 111 Å². The fourth-order valence-corrected chi connectivity index (χ4v) is 10.5. The summed E-state index contributed by atoms with van der Waals surface area (Å²) >= 11 is 22.8. The SMILES string of the molecule is CC(=O)C[C@@H](C)COc1ccc(Oc2ccc3nc(C(C)C)sc3c2Cl)cn1.CC(C)c1nc2ccc(Oc3ccc(OC[C@H](C)CC(=O)OC(C)(C)C)nc3)c(Cl)c2s1.C[C@@H](COc1ccc(Br)cn1)CC(=O)OC(C)(C)C.O=c1ccc(Br)c[nH]1. The Morgan fingerprint density at radius 2 is 0.931 bits per heavy atom. The summed E-state index contributed by atoms with van der Waals surface area (Å²) in [5.41, 5.74) is 0.753. The van der Waals surface area contributed by atoms with Gasteiger partial charge in [-0.3, -0.25) is 14.4 Å². The lowest BCUT2D eigenvalue weighted by Crippen LogP contribution is -2.26. The van der Waals surface area contributed by atoms with E-state index in [0.29, 0.717) is 95.2 Å². The highest BCUT2D eigenvalue weighted by Gasteiger charge is 2.22. The predicted molar refractivity (Wildman–Crippen MR) is 353 cm³/mol. The summed E-state index contributed by atoms with van der Waals surface area (Å²) in [7, 11) is 0. The molecule has 87 heavy (non-hydrogen) atoms. The van der Waals surface area contributed by atoms with E-state index in [-0.39, 0.29) is 47.5 Å². The van der Waals surface area contributed by atoms with Crippen molar-refractivity contribution >= 4 is 116 Å². The summed E-state index contributed by atoms with van der Waals surface area (Å²) in [6.07, 6.45) is 7.58. The molecule has 23 heteroatoms. The first-order valence-electron chi connectivity index (χ1n) is 28.1. The van der Waals surface area contributed by atoms with Gasteiger partial charge < -0.3 is 42.9 Å². The number of fused-ring (bicyclic) bond motifs is 2. The number of esters is 2. The van der Waals surface area contributed by atoms with E-state index in [2.05, 4.69) is 89.5 Å². The summed E-state index contributed by atoms with van der Waals surface area (Å²) in [6, 6.07) is 21.3. The number of halogens is 4. The number of rotatable bonds is 21. The third-order valence-electron chi connectivity index (χ3n) is 11.3. The molecule has 1 N–H and O–H groups in total. The van der Waals surface area contributed by atoms with Gasteiger partial charge in [0.15, 0.2) is 0 Å². The number of benzene rings is 2. The Morgan fingerprint density at radius 1 is 0.540 bits per heavy atom. The summed E-state index contributed by atoms with van der Waals surface area (Å²) in [6.45, 7) is 28.2. The van der Waals surface area contributed by atoms with Gasteiger partial charge in [-0.15, -0.1) is 22.7 Å². The van der Waals surface area contributed by atoms with Crippen molar-refractivity contribution in [2.24, 2.45) is 17.8 Å². The highest BCUT2D eigenvalue weighted by Crippen LogP contribution is 2.41. The van der Waals surface area contributed by atoms with Crippen LogP contribution in [0.25, 0.3) is 20.4 Å². The number of nitrogens with one attached hydrogen (secondary N) is 1. The minimum absolute atomic E-state index is 0.00301. The van der Waals surface area contributed by atoms with Crippen molar-refractivity contribution < 1.29 is 47.5 Å². The van der Waals surface area contributed by atoms with Crippen molar-refractivity contribution in [2.75, 3.05) is 19.8 Å². The Labute approximate surface area is 543 Å². The highest BCUT2D eigenvalue weighted by molar-refractivity contribution is 9.10. The maximum Gasteiger partial charge on any atom is 0.306 e. The number of ether oxygens (including phenoxy) is 7. The maximum absolute atomic E-state index is 11.9. The molecule has 0 spiro atoms. The van der Waals surface area contributed by atoms with E-state index in [1.165, 1.54) is 6.07 Å². The van der Waals surface area contributed by atoms with Crippen molar-refractivity contribution in [3.63, 3.8) is 0 Å². The lowest BCUT2D eigenvalue weighted by atomic mass is 10.1. The van der Waals surface area contributed by atoms with Crippen LogP contribution in [-0.4, -0.2) is 78.6 Å². The predicted octanol–water partition coefficient (Wildman–Crippen LogP) is 18.0. The van der Waals surface area contributed by atoms with Crippen molar-refractivity contribution in [1.82, 2.24) is 29.9 Å². The number of aromatic nitrogens is 6. The third kappa shape index (κ3) is 25.8. The average molecular weight is 1400 g/mol. The van der Waals surface area contributed by atoms with Crippen LogP contribution < -0.4 is 29.2 Å². The van der Waals surface area contributed by atoms with Gasteiger partial charge in [-0.2, -0.15) is 0 Å². The largest absolute Gasteiger partial charge is 0.477 e. The number of ketones is 1. The van der Waals surface area contributed by atoms with Crippen molar-refractivity contribution in [3.05, 3.63) is 137 Å². The number of hydrogen-bond acceptors (Lipinski definition) is 18. The molecule has 0 bridgehead atoms. The molecule has 0 unspecified atom stereocenters. The molecule has 3 atom stereocenters. The molecule has 6 aromatic heterocycles. The first-order chi connectivity index (χ1) is 40.9. The summed E-state index contributed by atoms with van der Waals surface area (Å²) in [5, 5.41) is 3.20. The van der Waals surface area contributed by atoms with Crippen LogP contribution in [0.4, 0.5) is 0 Å². The van der Waals surface area contributed by atoms with Crippen LogP contribution >= 0.6 is 77.7 Å². The average Bonchev–Trinajstić information content (AvgIpc) is 2.46. The Hall–Kier alpha value is -6.23. The van der Waals surface area contributed by atoms with Crippen LogP contribution in [0.1, 0.15) is 138 Å². The van der Waals surface area contributed by atoms with Gasteiger partial charge in [0.2, 0.25) is 23.2 Å². The zero-order valence-electron chi connectivity index (χ0n) is 51.4. The van der Waals surface area contributed by atoms with Crippen LogP contribution in [-0.2, 0) is 23.9 Å². The first kappa shape index (κ1) is 71.5. The molecule has 0 saturated carbocycles. The number of carbonyl (C=O) groups is 3. The van der Waals surface area contributed by atoms with E-state index in [4.69, 9.17) is 56.4 Å². The molecule has 8 rings (SSSR count). The van der Waals surface area contributed by atoms with Gasteiger partial charge in [-0.1, -0.05) is 71.7 Å². The topological polar surface area (TPSA) is 213 Å². The molecule has 8 aromatic rings. The number of nitrogens with zero attached hydrogens (tertiary/aromatic N) is 5. The van der Waals surface area contributed by atoms with E-state index >= 15 is 0 Å². The second-order valence-electron chi connectivity index (χ2n) is 23.2. The maximum atomic E-state index is 11.9. The van der Waals surface area contributed by atoms with Crippen molar-refractivity contribution in [3.8, 4) is 40.6 Å². The monoisotopic (exact) mass is 1400 g/mol. The molecule has 0 aliphatic heterocycles. The zero-order chi connectivity index (χ0) is 64.2. The van der Waals surface area contributed by atoms with Gasteiger partial charge >= 0.3 is 11.9 Å². The molecule has 0 aliphatic carbocycles. The van der Waals surface area contributed by atoms with Crippen molar-refractivity contribution in [2.45, 2.75) is 139 Å². The Balaban J connectivity index is 0.000000229. The number of thiazole rings is 2. The molecule has 0 radical (unpaired) electrons. The van der Waals surface area contributed by atoms with Crippen molar-refractivity contribution in [1.29, 1.82) is 0 Å². The molecular weight excluding hydrogens is 1320 g/mol. The quantitative estimate of drug-likeness (QED) is 0.0662. The number of hydrogen-bond donors (Lipinski definition) is 1. The lowest BCUT2D eigenvalue weighted by molar-refractivity contribution is -0.157. The normalized spacial score (nSPS) is 12.3. The minimum atomic E-state index is -0.487. The van der Waals surface area contributed by atoms with Gasteiger partial charge in [0.05, 0.1) is 75.5 Å². The van der Waals surface area contributed by atoms with Gasteiger partial charge in [0, 0.05) is 75.7 Å². The van der Waals surface area contributed by atoms with Gasteiger partial charge in [0.25, 0.3) is 0 Å². The zero-order valence-corrected chi connectivity index (χ0v) is 57.7. The Morgan fingerprint density at radius 3 is 1.25 bits per heavy atom. The number of Topliss-reactive ketones (excluding diaryl/α,β-unsaturated/α-hetero) is 1. The molecule has 17 nitrogen and oxygen atoms in total. The van der Waals surface area contributed by atoms with Crippen LogP contribution in [0, 0.1) is 17.8 Å². The first-order valence-corrected chi connectivity index (χ1v) is 32.1. The van der Waals surface area contributed by atoms with E-state index in [1.807, 2.05) is 92.6 Å². The van der Waals surface area contributed by atoms with Crippen LogP contribution in [0.3, 0.4) is 0 Å².